The second-order valence-corrected chi connectivity index (χ2v) is 6.65. The highest BCUT2D eigenvalue weighted by Crippen LogP contribution is 2.23. The maximum atomic E-state index is 3.79. The van der Waals surface area contributed by atoms with Crippen molar-refractivity contribution in [2.24, 2.45) is 0 Å². The van der Waals surface area contributed by atoms with E-state index < -0.39 is 0 Å². The van der Waals surface area contributed by atoms with Gasteiger partial charge in [0.2, 0.25) is 0 Å². The average Bonchev–Trinajstić information content (AvgIpc) is 2.41. The fourth-order valence-corrected chi connectivity index (χ4v) is 3.47. The lowest BCUT2D eigenvalue weighted by molar-refractivity contribution is 0.506. The van der Waals surface area contributed by atoms with Crippen LogP contribution < -0.4 is 5.32 Å². The van der Waals surface area contributed by atoms with Crippen LogP contribution in [0.1, 0.15) is 32.6 Å². The second-order valence-electron chi connectivity index (χ2n) is 4.64. The highest BCUT2D eigenvalue weighted by Gasteiger charge is 2.08. The van der Waals surface area contributed by atoms with Gasteiger partial charge in [0.15, 0.2) is 0 Å². The zero-order valence-electron chi connectivity index (χ0n) is 11.7. The van der Waals surface area contributed by atoms with E-state index in [1.807, 2.05) is 17.8 Å². The van der Waals surface area contributed by atoms with E-state index >= 15 is 0 Å². The normalized spacial score (nSPS) is 12.3. The predicted octanol–water partition coefficient (Wildman–Crippen LogP) is 5.27. The molecule has 1 unspecified atom stereocenters. The summed E-state index contributed by atoms with van der Waals surface area (Å²) in [5, 5.41) is 3.65. The molecule has 1 aromatic carbocycles. The first-order chi connectivity index (χ1) is 9.26. The van der Waals surface area contributed by atoms with Crippen molar-refractivity contribution in [1.29, 1.82) is 0 Å². The zero-order chi connectivity index (χ0) is 13.9. The van der Waals surface area contributed by atoms with Crippen LogP contribution in [0.2, 0.25) is 0 Å². The summed E-state index contributed by atoms with van der Waals surface area (Å²) >= 11 is 5.46. The molecule has 0 saturated heterocycles. The van der Waals surface area contributed by atoms with Crippen molar-refractivity contribution in [1.82, 2.24) is 5.32 Å². The van der Waals surface area contributed by atoms with Gasteiger partial charge in [0, 0.05) is 21.2 Å². The first kappa shape index (κ1) is 16.8. The molecular weight excluding hydrogens is 318 g/mol. The monoisotopic (exact) mass is 341 g/mol. The van der Waals surface area contributed by atoms with E-state index in [2.05, 4.69) is 59.0 Å². The first-order valence-electron chi connectivity index (χ1n) is 6.99. The molecule has 1 N–H and O–H groups in total. The number of hydrogen-bond donors (Lipinski definition) is 1. The van der Waals surface area contributed by atoms with Gasteiger partial charge in [-0.1, -0.05) is 35.0 Å². The third-order valence-electron chi connectivity index (χ3n) is 2.89. The lowest BCUT2D eigenvalue weighted by Gasteiger charge is -2.18. The van der Waals surface area contributed by atoms with Crippen LogP contribution in [-0.2, 0) is 0 Å². The Morgan fingerprint density at radius 3 is 3.00 bits per heavy atom. The number of hydrogen-bond acceptors (Lipinski definition) is 2. The van der Waals surface area contributed by atoms with Gasteiger partial charge in [-0.05, 0) is 50.4 Å². The summed E-state index contributed by atoms with van der Waals surface area (Å²) < 4.78 is 1.15. The van der Waals surface area contributed by atoms with Gasteiger partial charge < -0.3 is 5.32 Å². The molecule has 1 atom stereocenters. The summed E-state index contributed by atoms with van der Waals surface area (Å²) in [6.07, 6.45) is 6.78. The summed E-state index contributed by atoms with van der Waals surface area (Å²) in [5.74, 6) is 1.13. The third kappa shape index (κ3) is 7.81. The highest BCUT2D eigenvalue weighted by atomic mass is 79.9. The molecule has 1 nitrogen and oxygen atoms in total. The third-order valence-corrected chi connectivity index (χ3v) is 4.54. The first-order valence-corrected chi connectivity index (χ1v) is 8.76. The number of unbranched alkanes of at least 4 members (excludes halogenated alkanes) is 1. The molecule has 0 spiro atoms. The Hall–Kier alpha value is -0.250. The van der Waals surface area contributed by atoms with Crippen molar-refractivity contribution in [2.75, 3.05) is 12.3 Å². The van der Waals surface area contributed by atoms with Gasteiger partial charge in [0.05, 0.1) is 0 Å². The second kappa shape index (κ2) is 10.5. The minimum Gasteiger partial charge on any atom is -0.313 e. The Balaban J connectivity index is 2.39. The van der Waals surface area contributed by atoms with Crippen LogP contribution in [0.3, 0.4) is 0 Å². The van der Waals surface area contributed by atoms with Crippen LogP contribution in [0.5, 0.6) is 0 Å². The molecule has 0 aliphatic carbocycles. The minimum atomic E-state index is 0.601. The summed E-state index contributed by atoms with van der Waals surface area (Å²) in [6.45, 7) is 7.12. The molecule has 0 saturated carbocycles. The van der Waals surface area contributed by atoms with Crippen LogP contribution in [-0.4, -0.2) is 18.3 Å². The van der Waals surface area contributed by atoms with E-state index in [0.717, 1.165) is 23.2 Å². The predicted molar refractivity (Wildman–Crippen MR) is 91.0 cm³/mol. The molecule has 3 heteroatoms. The quantitative estimate of drug-likeness (QED) is 0.353. The number of allylic oxidation sites excluding steroid dienone is 1. The molecule has 0 aliphatic rings. The van der Waals surface area contributed by atoms with Crippen molar-refractivity contribution in [3.05, 3.63) is 41.4 Å². The Bertz CT molecular complexity index is 368. The van der Waals surface area contributed by atoms with Crippen LogP contribution in [0.4, 0.5) is 0 Å². The van der Waals surface area contributed by atoms with Crippen LogP contribution in [0.15, 0.2) is 46.3 Å². The van der Waals surface area contributed by atoms with Gasteiger partial charge in [0.25, 0.3) is 0 Å². The van der Waals surface area contributed by atoms with Gasteiger partial charge in [-0.2, -0.15) is 0 Å². The van der Waals surface area contributed by atoms with Crippen LogP contribution in [0.25, 0.3) is 0 Å². The Morgan fingerprint density at radius 2 is 2.32 bits per heavy atom. The van der Waals surface area contributed by atoms with Crippen molar-refractivity contribution in [3.8, 4) is 0 Å². The average molecular weight is 342 g/mol. The van der Waals surface area contributed by atoms with Gasteiger partial charge >= 0.3 is 0 Å². The number of rotatable bonds is 10. The molecule has 106 valence electrons. The molecule has 0 radical (unpaired) electrons. The maximum Gasteiger partial charge on any atom is 0.0186 e. The molecule has 0 bridgehead atoms. The van der Waals surface area contributed by atoms with Gasteiger partial charge in [-0.15, -0.1) is 18.3 Å². The zero-order valence-corrected chi connectivity index (χ0v) is 14.1. The topological polar surface area (TPSA) is 12.0 Å². The summed E-state index contributed by atoms with van der Waals surface area (Å²) in [5.41, 5.74) is 0. The molecule has 0 heterocycles. The van der Waals surface area contributed by atoms with Crippen molar-refractivity contribution >= 4 is 27.7 Å². The largest absolute Gasteiger partial charge is 0.313 e. The van der Waals surface area contributed by atoms with Gasteiger partial charge in [-0.25, -0.2) is 0 Å². The number of benzene rings is 1. The molecule has 19 heavy (non-hydrogen) atoms. The molecule has 0 aromatic heterocycles. The Kier molecular flexibility index (Phi) is 9.31. The van der Waals surface area contributed by atoms with E-state index in [9.17, 15) is 0 Å². The van der Waals surface area contributed by atoms with E-state index in [1.54, 1.807) is 0 Å². The summed E-state index contributed by atoms with van der Waals surface area (Å²) in [6, 6.07) is 9.13. The fourth-order valence-electron chi connectivity index (χ4n) is 1.85. The van der Waals surface area contributed by atoms with Crippen molar-refractivity contribution in [3.63, 3.8) is 0 Å². The van der Waals surface area contributed by atoms with Crippen LogP contribution in [0, 0.1) is 0 Å². The number of thioether (sulfide) groups is 1. The number of nitrogens with one attached hydrogen (secondary N) is 1. The van der Waals surface area contributed by atoms with E-state index in [1.165, 1.54) is 24.2 Å². The number of halogens is 1. The van der Waals surface area contributed by atoms with E-state index in [0.29, 0.717) is 6.04 Å². The SMILES string of the molecule is C=CCCCC(CSc1cccc(Br)c1)NCCC. The molecule has 1 rings (SSSR count). The van der Waals surface area contributed by atoms with E-state index in [4.69, 9.17) is 0 Å². The molecular formula is C16H24BrNS. The molecule has 1 aromatic rings. The van der Waals surface area contributed by atoms with Crippen molar-refractivity contribution < 1.29 is 0 Å². The Morgan fingerprint density at radius 1 is 1.47 bits per heavy atom. The fraction of sp³-hybridized carbons (Fsp3) is 0.500. The Labute approximate surface area is 130 Å². The van der Waals surface area contributed by atoms with Gasteiger partial charge in [-0.3, -0.25) is 0 Å². The maximum absolute atomic E-state index is 3.79. The van der Waals surface area contributed by atoms with Crippen molar-refractivity contribution in [2.45, 2.75) is 43.5 Å². The smallest absolute Gasteiger partial charge is 0.0186 e. The molecule has 0 amide bonds. The summed E-state index contributed by atoms with van der Waals surface area (Å²) in [4.78, 5) is 1.33. The standard InChI is InChI=1S/C16H24BrNS/c1-3-5-6-9-15(18-11-4-2)13-19-16-10-7-8-14(17)12-16/h3,7-8,10,12,15,18H,1,4-6,9,11,13H2,2H3. The molecule has 0 aliphatic heterocycles. The minimum absolute atomic E-state index is 0.601. The van der Waals surface area contributed by atoms with Crippen LogP contribution >= 0.6 is 27.7 Å². The summed E-state index contributed by atoms with van der Waals surface area (Å²) in [7, 11) is 0. The highest BCUT2D eigenvalue weighted by molar-refractivity contribution is 9.10. The lowest BCUT2D eigenvalue weighted by atomic mass is 10.1. The van der Waals surface area contributed by atoms with Gasteiger partial charge in [0.1, 0.15) is 0 Å². The lowest BCUT2D eigenvalue weighted by Crippen LogP contribution is -2.31. The van der Waals surface area contributed by atoms with E-state index in [-0.39, 0.29) is 0 Å². The molecule has 0 fully saturated rings.